The van der Waals surface area contributed by atoms with Crippen molar-refractivity contribution in [1.82, 2.24) is 4.90 Å². The topological polar surface area (TPSA) is 99.9 Å². The fourth-order valence-corrected chi connectivity index (χ4v) is 3.71. The number of rotatable bonds is 6. The predicted octanol–water partition coefficient (Wildman–Crippen LogP) is 3.35. The summed E-state index contributed by atoms with van der Waals surface area (Å²) < 4.78 is 19.7. The monoisotopic (exact) mass is 449 g/mol. The van der Waals surface area contributed by atoms with Crippen molar-refractivity contribution in [2.24, 2.45) is 0 Å². The lowest BCUT2D eigenvalue weighted by Crippen LogP contribution is -2.45. The lowest BCUT2D eigenvalue weighted by molar-refractivity contribution is -0.122. The molecule has 33 heavy (non-hydrogen) atoms. The predicted molar refractivity (Wildman–Crippen MR) is 117 cm³/mol. The smallest absolute Gasteiger partial charge is 0.257 e. The summed E-state index contributed by atoms with van der Waals surface area (Å²) in [5, 5.41) is 2.61. The number of nitrogens with one attached hydrogen (secondary N) is 1. The molecule has 1 unspecified atom stereocenters. The molecule has 3 aromatic rings. The summed E-state index contributed by atoms with van der Waals surface area (Å²) in [5.74, 6) is -2.42. The van der Waals surface area contributed by atoms with Gasteiger partial charge in [0.2, 0.25) is 11.8 Å². The van der Waals surface area contributed by atoms with Crippen molar-refractivity contribution in [3.8, 4) is 0 Å². The third-order valence-electron chi connectivity index (χ3n) is 5.22. The highest BCUT2D eigenvalue weighted by Gasteiger charge is 2.45. The summed E-state index contributed by atoms with van der Waals surface area (Å²) in [6.07, 6.45) is 1.17. The Hall–Kier alpha value is -4.27. The highest BCUT2D eigenvalue weighted by Crippen LogP contribution is 2.29. The second-order valence-corrected chi connectivity index (χ2v) is 7.51. The number of hydrogen-bond acceptors (Lipinski definition) is 5. The minimum Gasteiger partial charge on any atom is -0.467 e. The first-order chi connectivity index (χ1) is 15.8. The van der Waals surface area contributed by atoms with Gasteiger partial charge in [0.05, 0.1) is 30.5 Å². The van der Waals surface area contributed by atoms with Crippen LogP contribution in [0.3, 0.4) is 0 Å². The third kappa shape index (κ3) is 4.52. The Labute approximate surface area is 188 Å². The van der Waals surface area contributed by atoms with Gasteiger partial charge in [0, 0.05) is 12.6 Å². The minimum absolute atomic E-state index is 0.112. The van der Waals surface area contributed by atoms with Crippen LogP contribution < -0.4 is 10.2 Å². The number of nitrogens with zero attached hydrogens (tertiary/aromatic N) is 2. The number of carbonyl (C=O) groups is 4. The van der Waals surface area contributed by atoms with Crippen LogP contribution in [0.5, 0.6) is 0 Å². The van der Waals surface area contributed by atoms with E-state index in [1.807, 2.05) is 0 Å². The van der Waals surface area contributed by atoms with E-state index in [0.717, 1.165) is 15.9 Å². The first-order valence-electron chi connectivity index (χ1n) is 10.2. The normalized spacial score (nSPS) is 15.6. The van der Waals surface area contributed by atoms with E-state index in [1.165, 1.54) is 43.5 Å². The van der Waals surface area contributed by atoms with Crippen LogP contribution in [0.1, 0.15) is 29.5 Å². The van der Waals surface area contributed by atoms with E-state index in [9.17, 15) is 23.6 Å². The molecule has 1 saturated heterocycles. The highest BCUT2D eigenvalue weighted by molar-refractivity contribution is 6.23. The molecule has 1 atom stereocenters. The fraction of sp³-hybridized carbons (Fsp3) is 0.167. The molecule has 8 nitrogen and oxygen atoms in total. The number of furan rings is 1. The molecule has 1 aliphatic heterocycles. The van der Waals surface area contributed by atoms with Gasteiger partial charge in [-0.2, -0.15) is 0 Å². The number of halogens is 1. The number of anilines is 2. The Morgan fingerprint density at radius 1 is 1.09 bits per heavy atom. The zero-order chi connectivity index (χ0) is 23.5. The van der Waals surface area contributed by atoms with E-state index in [4.69, 9.17) is 4.42 Å². The largest absolute Gasteiger partial charge is 0.467 e. The van der Waals surface area contributed by atoms with Crippen molar-refractivity contribution < 1.29 is 28.0 Å². The van der Waals surface area contributed by atoms with Gasteiger partial charge in [0.15, 0.2) is 0 Å². The lowest BCUT2D eigenvalue weighted by atomic mass is 10.1. The van der Waals surface area contributed by atoms with Crippen molar-refractivity contribution in [3.05, 3.63) is 84.1 Å². The van der Waals surface area contributed by atoms with E-state index in [1.54, 1.807) is 24.3 Å². The van der Waals surface area contributed by atoms with Gasteiger partial charge in [-0.3, -0.25) is 19.2 Å². The molecule has 9 heteroatoms. The molecule has 1 N–H and O–H groups in total. The molecule has 0 spiro atoms. The van der Waals surface area contributed by atoms with Crippen LogP contribution in [-0.2, 0) is 20.9 Å². The Balaban J connectivity index is 1.64. The zero-order valence-electron chi connectivity index (χ0n) is 17.7. The Morgan fingerprint density at radius 3 is 2.45 bits per heavy atom. The average Bonchev–Trinajstić information content (AvgIpc) is 3.40. The molecule has 2 aromatic carbocycles. The maximum Gasteiger partial charge on any atom is 0.257 e. The molecule has 0 saturated carbocycles. The van der Waals surface area contributed by atoms with E-state index < -0.39 is 29.6 Å². The van der Waals surface area contributed by atoms with Gasteiger partial charge in [-0.05, 0) is 48.5 Å². The van der Waals surface area contributed by atoms with Gasteiger partial charge in [-0.25, -0.2) is 9.29 Å². The molecular formula is C24H20FN3O5. The number of benzene rings is 2. The summed E-state index contributed by atoms with van der Waals surface area (Å²) in [7, 11) is 0. The van der Waals surface area contributed by atoms with Crippen LogP contribution >= 0.6 is 0 Å². The molecule has 1 aliphatic rings. The van der Waals surface area contributed by atoms with Gasteiger partial charge in [0.1, 0.15) is 17.6 Å². The van der Waals surface area contributed by atoms with Gasteiger partial charge in [-0.15, -0.1) is 0 Å². The summed E-state index contributed by atoms with van der Waals surface area (Å²) in [6.45, 7) is 1.26. The molecular weight excluding hydrogens is 429 g/mol. The Kier molecular flexibility index (Phi) is 6.03. The molecule has 1 fully saturated rings. The second-order valence-electron chi connectivity index (χ2n) is 7.51. The molecule has 0 aliphatic carbocycles. The van der Waals surface area contributed by atoms with Crippen LogP contribution in [0.25, 0.3) is 0 Å². The van der Waals surface area contributed by atoms with Gasteiger partial charge >= 0.3 is 0 Å². The number of imide groups is 1. The minimum atomic E-state index is -1.13. The summed E-state index contributed by atoms with van der Waals surface area (Å²) in [5.41, 5.74) is 0.608. The zero-order valence-corrected chi connectivity index (χ0v) is 17.7. The molecule has 1 aromatic heterocycles. The summed E-state index contributed by atoms with van der Waals surface area (Å²) in [4.78, 5) is 52.7. The first kappa shape index (κ1) is 21.9. The molecule has 4 rings (SSSR count). The molecule has 0 radical (unpaired) electrons. The van der Waals surface area contributed by atoms with E-state index >= 15 is 0 Å². The van der Waals surface area contributed by atoms with Crippen molar-refractivity contribution >= 4 is 35.0 Å². The average molecular weight is 449 g/mol. The highest BCUT2D eigenvalue weighted by atomic mass is 19.1. The SMILES string of the molecule is CC(=O)Nc1ccc(N2C(=O)CC(N(Cc3ccco3)C(=O)c3ccccc3F)C2=O)cc1. The van der Waals surface area contributed by atoms with Crippen LogP contribution in [0.2, 0.25) is 0 Å². The number of amides is 4. The standard InChI is InChI=1S/C24H20FN3O5/c1-15(29)26-16-8-10-17(11-9-16)28-22(30)13-21(24(28)32)27(14-18-5-4-12-33-18)23(31)19-6-2-3-7-20(19)25/h2-12,21H,13-14H2,1H3,(H,26,29). The Morgan fingerprint density at radius 2 is 1.82 bits per heavy atom. The van der Waals surface area contributed by atoms with Crippen LogP contribution in [0.4, 0.5) is 15.8 Å². The maximum atomic E-state index is 14.3. The van der Waals surface area contributed by atoms with Gasteiger partial charge in [-0.1, -0.05) is 12.1 Å². The van der Waals surface area contributed by atoms with Crippen LogP contribution in [-0.4, -0.2) is 34.6 Å². The van der Waals surface area contributed by atoms with Crippen molar-refractivity contribution in [3.63, 3.8) is 0 Å². The van der Waals surface area contributed by atoms with E-state index in [2.05, 4.69) is 5.32 Å². The molecule has 168 valence electrons. The fourth-order valence-electron chi connectivity index (χ4n) is 3.71. The second kappa shape index (κ2) is 9.07. The third-order valence-corrected chi connectivity index (χ3v) is 5.22. The molecule has 0 bridgehead atoms. The number of carbonyl (C=O) groups excluding carboxylic acids is 4. The summed E-state index contributed by atoms with van der Waals surface area (Å²) >= 11 is 0. The Bertz CT molecular complexity index is 1210. The van der Waals surface area contributed by atoms with Gasteiger partial charge in [0.25, 0.3) is 11.8 Å². The summed E-state index contributed by atoms with van der Waals surface area (Å²) in [6, 6.07) is 13.8. The van der Waals surface area contributed by atoms with Crippen molar-refractivity contribution in [2.45, 2.75) is 25.9 Å². The lowest BCUT2D eigenvalue weighted by Gasteiger charge is -2.27. The number of hydrogen-bond donors (Lipinski definition) is 1. The first-order valence-corrected chi connectivity index (χ1v) is 10.2. The van der Waals surface area contributed by atoms with E-state index in [-0.39, 0.29) is 24.4 Å². The van der Waals surface area contributed by atoms with Crippen molar-refractivity contribution in [2.75, 3.05) is 10.2 Å². The van der Waals surface area contributed by atoms with Gasteiger partial charge < -0.3 is 14.6 Å². The molecule has 2 heterocycles. The van der Waals surface area contributed by atoms with Crippen LogP contribution in [0, 0.1) is 5.82 Å². The van der Waals surface area contributed by atoms with Crippen LogP contribution in [0.15, 0.2) is 71.3 Å². The quantitative estimate of drug-likeness (QED) is 0.582. The molecule has 4 amide bonds. The van der Waals surface area contributed by atoms with E-state index in [0.29, 0.717) is 17.1 Å². The maximum absolute atomic E-state index is 14.3. The van der Waals surface area contributed by atoms with Crippen molar-refractivity contribution in [1.29, 1.82) is 0 Å².